The van der Waals surface area contributed by atoms with E-state index < -0.39 is 6.10 Å². The fourth-order valence-corrected chi connectivity index (χ4v) is 2.08. The van der Waals surface area contributed by atoms with E-state index in [0.717, 1.165) is 18.5 Å². The van der Waals surface area contributed by atoms with Crippen LogP contribution in [-0.4, -0.2) is 25.7 Å². The number of ether oxygens (including phenoxy) is 2. The molecule has 0 aromatic heterocycles. The van der Waals surface area contributed by atoms with Crippen molar-refractivity contribution in [1.82, 2.24) is 5.32 Å². The second-order valence-corrected chi connectivity index (χ2v) is 4.85. The lowest BCUT2D eigenvalue weighted by atomic mass is 10.2. The predicted octanol–water partition coefficient (Wildman–Crippen LogP) is 3.17. The summed E-state index contributed by atoms with van der Waals surface area (Å²) >= 11 is 6.19. The van der Waals surface area contributed by atoms with E-state index in [-0.39, 0.29) is 5.97 Å². The minimum atomic E-state index is -0.604. The molecule has 1 atom stereocenters. The number of esters is 1. The first kappa shape index (κ1) is 16.8. The number of halogens is 1. The average Bonchev–Trinajstić information content (AvgIpc) is 2.41. The second-order valence-electron chi connectivity index (χ2n) is 4.44. The first-order valence-electron chi connectivity index (χ1n) is 6.88. The molecule has 0 aliphatic carbocycles. The molecular weight excluding hydrogens is 278 g/mol. The van der Waals surface area contributed by atoms with Gasteiger partial charge in [-0.2, -0.15) is 0 Å². The van der Waals surface area contributed by atoms with Gasteiger partial charge in [0, 0.05) is 6.54 Å². The van der Waals surface area contributed by atoms with E-state index in [1.807, 2.05) is 26.1 Å². The smallest absolute Gasteiger partial charge is 0.347 e. The Morgan fingerprint density at radius 1 is 1.40 bits per heavy atom. The number of rotatable bonds is 8. The Bertz CT molecular complexity index is 437. The van der Waals surface area contributed by atoms with E-state index in [9.17, 15) is 4.79 Å². The maximum Gasteiger partial charge on any atom is 0.347 e. The van der Waals surface area contributed by atoms with Crippen LogP contribution in [0, 0.1) is 0 Å². The standard InChI is InChI=1S/C15H22ClNO3/c1-4-6-14(15(18)19-5-2)20-13-8-7-11(10-17-3)9-12(13)16/h7-9,14,17H,4-6,10H2,1-3H3. The van der Waals surface area contributed by atoms with Crippen LogP contribution < -0.4 is 10.1 Å². The van der Waals surface area contributed by atoms with Gasteiger partial charge in [0.25, 0.3) is 0 Å². The van der Waals surface area contributed by atoms with Crippen molar-refractivity contribution in [2.45, 2.75) is 39.3 Å². The summed E-state index contributed by atoms with van der Waals surface area (Å²) in [5, 5.41) is 3.56. The van der Waals surface area contributed by atoms with Gasteiger partial charge in [-0.15, -0.1) is 0 Å². The zero-order valence-electron chi connectivity index (χ0n) is 12.2. The van der Waals surface area contributed by atoms with Crippen molar-refractivity contribution in [1.29, 1.82) is 0 Å². The third-order valence-electron chi connectivity index (χ3n) is 2.75. The maximum absolute atomic E-state index is 11.8. The monoisotopic (exact) mass is 299 g/mol. The average molecular weight is 300 g/mol. The summed E-state index contributed by atoms with van der Waals surface area (Å²) in [6, 6.07) is 5.55. The lowest BCUT2D eigenvalue weighted by Gasteiger charge is -2.18. The van der Waals surface area contributed by atoms with Crippen LogP contribution >= 0.6 is 11.6 Å². The Labute approximate surface area is 125 Å². The van der Waals surface area contributed by atoms with Gasteiger partial charge in [0.1, 0.15) is 5.75 Å². The van der Waals surface area contributed by atoms with Crippen molar-refractivity contribution < 1.29 is 14.3 Å². The van der Waals surface area contributed by atoms with Crippen molar-refractivity contribution in [2.75, 3.05) is 13.7 Å². The van der Waals surface area contributed by atoms with Crippen LogP contribution in [0.15, 0.2) is 18.2 Å². The van der Waals surface area contributed by atoms with Gasteiger partial charge in [-0.25, -0.2) is 4.79 Å². The zero-order chi connectivity index (χ0) is 15.0. The van der Waals surface area contributed by atoms with Crippen LogP contribution in [0.5, 0.6) is 5.75 Å². The predicted molar refractivity (Wildman–Crippen MR) is 80.2 cm³/mol. The summed E-state index contributed by atoms with van der Waals surface area (Å²) in [6.45, 7) is 4.85. The first-order chi connectivity index (χ1) is 9.62. The molecule has 5 heteroatoms. The lowest BCUT2D eigenvalue weighted by Crippen LogP contribution is -2.29. The van der Waals surface area contributed by atoms with Crippen LogP contribution in [0.1, 0.15) is 32.3 Å². The van der Waals surface area contributed by atoms with Gasteiger partial charge in [0.05, 0.1) is 11.6 Å². The van der Waals surface area contributed by atoms with Gasteiger partial charge in [-0.3, -0.25) is 0 Å². The van der Waals surface area contributed by atoms with Gasteiger partial charge in [-0.05, 0) is 38.1 Å². The number of hydrogen-bond donors (Lipinski definition) is 1. The van der Waals surface area contributed by atoms with Crippen LogP contribution in [-0.2, 0) is 16.1 Å². The van der Waals surface area contributed by atoms with Crippen molar-refractivity contribution in [3.8, 4) is 5.75 Å². The Balaban J connectivity index is 2.80. The third kappa shape index (κ3) is 5.02. The summed E-state index contributed by atoms with van der Waals surface area (Å²) in [5.41, 5.74) is 1.06. The fourth-order valence-electron chi connectivity index (χ4n) is 1.83. The Morgan fingerprint density at radius 2 is 2.15 bits per heavy atom. The van der Waals surface area contributed by atoms with Gasteiger partial charge in [0.2, 0.25) is 0 Å². The Hall–Kier alpha value is -1.26. The normalized spacial score (nSPS) is 12.0. The summed E-state index contributed by atoms with van der Waals surface area (Å²) in [7, 11) is 1.87. The molecule has 1 aromatic carbocycles. The highest BCUT2D eigenvalue weighted by Gasteiger charge is 2.21. The Morgan fingerprint density at radius 3 is 2.70 bits per heavy atom. The zero-order valence-corrected chi connectivity index (χ0v) is 13.0. The van der Waals surface area contributed by atoms with E-state index in [1.165, 1.54) is 0 Å². The number of carbonyl (C=O) groups is 1. The molecule has 4 nitrogen and oxygen atoms in total. The van der Waals surface area contributed by atoms with Crippen molar-refractivity contribution >= 4 is 17.6 Å². The van der Waals surface area contributed by atoms with Gasteiger partial charge in [-0.1, -0.05) is 31.0 Å². The highest BCUT2D eigenvalue weighted by atomic mass is 35.5. The second kappa shape index (κ2) is 8.82. The van der Waals surface area contributed by atoms with E-state index in [4.69, 9.17) is 21.1 Å². The maximum atomic E-state index is 11.8. The largest absolute Gasteiger partial charge is 0.477 e. The van der Waals surface area contributed by atoms with E-state index >= 15 is 0 Å². The number of benzene rings is 1. The number of nitrogens with one attached hydrogen (secondary N) is 1. The molecule has 112 valence electrons. The molecule has 0 spiro atoms. The van der Waals surface area contributed by atoms with Gasteiger partial charge >= 0.3 is 5.97 Å². The van der Waals surface area contributed by atoms with E-state index in [2.05, 4.69) is 5.32 Å². The molecule has 0 radical (unpaired) electrons. The van der Waals surface area contributed by atoms with Crippen LogP contribution in [0.4, 0.5) is 0 Å². The first-order valence-corrected chi connectivity index (χ1v) is 7.26. The third-order valence-corrected chi connectivity index (χ3v) is 3.04. The van der Waals surface area contributed by atoms with E-state index in [1.54, 1.807) is 13.0 Å². The van der Waals surface area contributed by atoms with Crippen LogP contribution in [0.2, 0.25) is 5.02 Å². The molecule has 1 N–H and O–H groups in total. The minimum Gasteiger partial charge on any atom is -0.477 e. The molecule has 1 rings (SSSR count). The summed E-state index contributed by atoms with van der Waals surface area (Å²) in [6.07, 6.45) is 0.833. The molecule has 0 saturated heterocycles. The van der Waals surface area contributed by atoms with E-state index in [0.29, 0.717) is 23.8 Å². The quantitative estimate of drug-likeness (QED) is 0.749. The van der Waals surface area contributed by atoms with Crippen molar-refractivity contribution in [3.63, 3.8) is 0 Å². The Kier molecular flexibility index (Phi) is 7.41. The molecule has 0 amide bonds. The summed E-state index contributed by atoms with van der Waals surface area (Å²) < 4.78 is 10.7. The van der Waals surface area contributed by atoms with Crippen molar-refractivity contribution in [2.24, 2.45) is 0 Å². The van der Waals surface area contributed by atoms with Gasteiger partial charge in [0.15, 0.2) is 6.10 Å². The molecule has 0 heterocycles. The number of carbonyl (C=O) groups excluding carboxylic acids is 1. The molecule has 0 bridgehead atoms. The van der Waals surface area contributed by atoms with Crippen LogP contribution in [0.25, 0.3) is 0 Å². The summed E-state index contributed by atoms with van der Waals surface area (Å²) in [5.74, 6) is 0.169. The molecule has 0 saturated carbocycles. The molecular formula is C15H22ClNO3. The highest BCUT2D eigenvalue weighted by molar-refractivity contribution is 6.32. The van der Waals surface area contributed by atoms with Crippen LogP contribution in [0.3, 0.4) is 0 Å². The highest BCUT2D eigenvalue weighted by Crippen LogP contribution is 2.27. The molecule has 0 fully saturated rings. The number of hydrogen-bond acceptors (Lipinski definition) is 4. The molecule has 0 aliphatic heterocycles. The topological polar surface area (TPSA) is 47.6 Å². The SMILES string of the molecule is CCCC(Oc1ccc(CNC)cc1Cl)C(=O)OCC. The molecule has 1 aromatic rings. The fraction of sp³-hybridized carbons (Fsp3) is 0.533. The molecule has 0 aliphatic rings. The molecule has 1 unspecified atom stereocenters. The van der Waals surface area contributed by atoms with Crippen molar-refractivity contribution in [3.05, 3.63) is 28.8 Å². The summed E-state index contributed by atoms with van der Waals surface area (Å²) in [4.78, 5) is 11.8. The van der Waals surface area contributed by atoms with Gasteiger partial charge < -0.3 is 14.8 Å². The lowest BCUT2D eigenvalue weighted by molar-refractivity contribution is -0.151. The minimum absolute atomic E-state index is 0.343. The molecule has 20 heavy (non-hydrogen) atoms.